The van der Waals surface area contributed by atoms with E-state index in [-0.39, 0.29) is 30.8 Å². The van der Waals surface area contributed by atoms with E-state index in [0.29, 0.717) is 17.8 Å². The standard InChI is InChI=1S/C19H22F2N4O2/c1-9(2)15(19(27)24-6-11(7-24)16(20)21)25-8-13-10(3)4-22-17-14(13)12(5-23-17)18(25)26/h4-5,9,11,15-16H,6-8H2,1-3H3,(H,22,23)/t15-/m1/s1. The molecular weight excluding hydrogens is 354 g/mol. The average Bonchev–Trinajstić information content (AvgIpc) is 2.97. The zero-order chi connectivity index (χ0) is 19.5. The van der Waals surface area contributed by atoms with Gasteiger partial charge in [0.1, 0.15) is 11.7 Å². The minimum Gasteiger partial charge on any atom is -0.345 e. The monoisotopic (exact) mass is 376 g/mol. The maximum Gasteiger partial charge on any atom is 0.257 e. The summed E-state index contributed by atoms with van der Waals surface area (Å²) < 4.78 is 25.6. The third-order valence-electron chi connectivity index (χ3n) is 5.64. The molecule has 4 heterocycles. The fourth-order valence-electron chi connectivity index (χ4n) is 4.07. The van der Waals surface area contributed by atoms with Gasteiger partial charge in [-0.2, -0.15) is 0 Å². The number of aryl methyl sites for hydroxylation is 1. The van der Waals surface area contributed by atoms with Crippen molar-refractivity contribution in [2.24, 2.45) is 11.8 Å². The zero-order valence-electron chi connectivity index (χ0n) is 15.5. The predicted molar refractivity (Wildman–Crippen MR) is 95.4 cm³/mol. The molecule has 1 atom stereocenters. The summed E-state index contributed by atoms with van der Waals surface area (Å²) in [4.78, 5) is 36.5. The van der Waals surface area contributed by atoms with Gasteiger partial charge in [-0.05, 0) is 24.0 Å². The van der Waals surface area contributed by atoms with Crippen LogP contribution in [0.3, 0.4) is 0 Å². The van der Waals surface area contributed by atoms with Crippen molar-refractivity contribution in [1.29, 1.82) is 0 Å². The van der Waals surface area contributed by atoms with Crippen LogP contribution < -0.4 is 0 Å². The first kappa shape index (κ1) is 17.9. The number of carbonyl (C=O) groups is 2. The lowest BCUT2D eigenvalue weighted by atomic mass is 9.91. The topological polar surface area (TPSA) is 69.3 Å². The van der Waals surface area contributed by atoms with Crippen LogP contribution >= 0.6 is 0 Å². The molecule has 0 unspecified atom stereocenters. The zero-order valence-corrected chi connectivity index (χ0v) is 15.5. The molecule has 0 aliphatic carbocycles. The van der Waals surface area contributed by atoms with E-state index in [2.05, 4.69) is 9.97 Å². The van der Waals surface area contributed by atoms with Gasteiger partial charge in [-0.1, -0.05) is 13.8 Å². The Morgan fingerprint density at radius 2 is 2.04 bits per heavy atom. The first-order valence-corrected chi connectivity index (χ1v) is 9.13. The summed E-state index contributed by atoms with van der Waals surface area (Å²) in [5, 5.41) is 0.813. The maximum absolute atomic E-state index is 13.1. The van der Waals surface area contributed by atoms with Crippen LogP contribution in [0.15, 0.2) is 12.4 Å². The Bertz CT molecular complexity index is 918. The van der Waals surface area contributed by atoms with Crippen molar-refractivity contribution in [2.75, 3.05) is 13.1 Å². The van der Waals surface area contributed by atoms with Crippen LogP contribution in [0, 0.1) is 18.8 Å². The van der Waals surface area contributed by atoms with Crippen molar-refractivity contribution in [3.05, 3.63) is 29.1 Å². The first-order chi connectivity index (χ1) is 12.8. The minimum absolute atomic E-state index is 0.0513. The highest BCUT2D eigenvalue weighted by atomic mass is 19.3. The second kappa shape index (κ2) is 6.28. The van der Waals surface area contributed by atoms with Crippen LogP contribution in [0.1, 0.15) is 35.3 Å². The van der Waals surface area contributed by atoms with E-state index >= 15 is 0 Å². The molecule has 1 N–H and O–H groups in total. The van der Waals surface area contributed by atoms with E-state index in [9.17, 15) is 18.4 Å². The van der Waals surface area contributed by atoms with E-state index in [0.717, 1.165) is 16.5 Å². The lowest BCUT2D eigenvalue weighted by Gasteiger charge is -2.44. The molecular formula is C19H22F2N4O2. The van der Waals surface area contributed by atoms with Crippen LogP contribution in [-0.4, -0.2) is 57.1 Å². The summed E-state index contributed by atoms with van der Waals surface area (Å²) in [6.07, 6.45) is 0.965. The van der Waals surface area contributed by atoms with Crippen LogP contribution in [0.2, 0.25) is 0 Å². The van der Waals surface area contributed by atoms with Crippen LogP contribution in [0.4, 0.5) is 8.78 Å². The molecule has 2 aliphatic heterocycles. The highest BCUT2D eigenvalue weighted by molar-refractivity contribution is 6.10. The maximum atomic E-state index is 13.1. The lowest BCUT2D eigenvalue weighted by Crippen LogP contribution is -2.60. The van der Waals surface area contributed by atoms with Crippen LogP contribution in [0.5, 0.6) is 0 Å². The van der Waals surface area contributed by atoms with Gasteiger partial charge in [-0.25, -0.2) is 13.8 Å². The summed E-state index contributed by atoms with van der Waals surface area (Å²) in [6.45, 7) is 6.10. The van der Waals surface area contributed by atoms with Crippen molar-refractivity contribution in [3.63, 3.8) is 0 Å². The van der Waals surface area contributed by atoms with Gasteiger partial charge in [-0.3, -0.25) is 9.59 Å². The molecule has 2 aromatic rings. The molecule has 1 saturated heterocycles. The third kappa shape index (κ3) is 2.69. The van der Waals surface area contributed by atoms with E-state index < -0.39 is 18.4 Å². The molecule has 0 spiro atoms. The molecule has 1 fully saturated rings. The summed E-state index contributed by atoms with van der Waals surface area (Å²) in [6, 6.07) is -0.679. The largest absolute Gasteiger partial charge is 0.345 e. The van der Waals surface area contributed by atoms with Gasteiger partial charge in [0, 0.05) is 37.4 Å². The number of halogens is 2. The van der Waals surface area contributed by atoms with E-state index in [4.69, 9.17) is 0 Å². The first-order valence-electron chi connectivity index (χ1n) is 9.13. The van der Waals surface area contributed by atoms with Gasteiger partial charge in [0.25, 0.3) is 5.91 Å². The number of rotatable bonds is 4. The van der Waals surface area contributed by atoms with Gasteiger partial charge in [-0.15, -0.1) is 0 Å². The molecule has 0 radical (unpaired) electrons. The summed E-state index contributed by atoms with van der Waals surface area (Å²) in [5.74, 6) is -1.38. The number of nitrogens with one attached hydrogen (secondary N) is 1. The van der Waals surface area contributed by atoms with E-state index in [1.807, 2.05) is 20.8 Å². The molecule has 144 valence electrons. The number of H-pyrrole nitrogens is 1. The molecule has 2 aliphatic rings. The van der Waals surface area contributed by atoms with E-state index in [1.165, 1.54) is 4.90 Å². The number of alkyl halides is 2. The molecule has 8 heteroatoms. The number of carbonyl (C=O) groups excluding carboxylic acids is 2. The van der Waals surface area contributed by atoms with Crippen LogP contribution in [0.25, 0.3) is 11.0 Å². The summed E-state index contributed by atoms with van der Waals surface area (Å²) >= 11 is 0. The molecule has 0 aromatic carbocycles. The highest BCUT2D eigenvalue weighted by Crippen LogP contribution is 2.34. The Morgan fingerprint density at radius 3 is 2.67 bits per heavy atom. The summed E-state index contributed by atoms with van der Waals surface area (Å²) in [7, 11) is 0. The minimum atomic E-state index is -2.42. The number of nitrogens with zero attached hydrogens (tertiary/aromatic N) is 3. The number of aromatic nitrogens is 2. The van der Waals surface area contributed by atoms with Gasteiger partial charge in [0.15, 0.2) is 0 Å². The highest BCUT2D eigenvalue weighted by Gasteiger charge is 2.44. The van der Waals surface area contributed by atoms with E-state index in [1.54, 1.807) is 17.3 Å². The number of pyridine rings is 1. The number of hydrogen-bond acceptors (Lipinski definition) is 3. The molecule has 2 amide bonds. The average molecular weight is 376 g/mol. The van der Waals surface area contributed by atoms with Gasteiger partial charge < -0.3 is 14.8 Å². The number of hydrogen-bond donors (Lipinski definition) is 1. The van der Waals surface area contributed by atoms with Crippen LogP contribution in [-0.2, 0) is 11.3 Å². The third-order valence-corrected chi connectivity index (χ3v) is 5.64. The normalized spacial score (nSPS) is 18.6. The fourth-order valence-corrected chi connectivity index (χ4v) is 4.07. The second-order valence-electron chi connectivity index (χ2n) is 7.81. The van der Waals surface area contributed by atoms with Crippen molar-refractivity contribution >= 4 is 22.8 Å². The van der Waals surface area contributed by atoms with Crippen molar-refractivity contribution in [1.82, 2.24) is 19.8 Å². The lowest BCUT2D eigenvalue weighted by molar-refractivity contribution is -0.148. The fraction of sp³-hybridized carbons (Fsp3) is 0.526. The van der Waals surface area contributed by atoms with Crippen molar-refractivity contribution in [3.8, 4) is 0 Å². The molecule has 27 heavy (non-hydrogen) atoms. The Hall–Kier alpha value is -2.51. The SMILES string of the molecule is Cc1cnc2[nH]cc3c2c1CN([C@@H](C(=O)N1CC(C(F)F)C1)C(C)C)C3=O. The van der Waals surface area contributed by atoms with Gasteiger partial charge in [0.05, 0.1) is 11.5 Å². The molecule has 4 rings (SSSR count). The Morgan fingerprint density at radius 1 is 1.33 bits per heavy atom. The summed E-state index contributed by atoms with van der Waals surface area (Å²) in [5.41, 5.74) is 3.10. The predicted octanol–water partition coefficient (Wildman–Crippen LogP) is 2.58. The van der Waals surface area contributed by atoms with Crippen molar-refractivity contribution < 1.29 is 18.4 Å². The molecule has 0 bridgehead atoms. The number of aromatic amines is 1. The Kier molecular flexibility index (Phi) is 4.16. The number of likely N-dealkylation sites (tertiary alicyclic amines) is 1. The second-order valence-corrected chi connectivity index (χ2v) is 7.81. The van der Waals surface area contributed by atoms with Gasteiger partial charge >= 0.3 is 0 Å². The molecule has 0 saturated carbocycles. The molecule has 6 nitrogen and oxygen atoms in total. The van der Waals surface area contributed by atoms with Gasteiger partial charge in [0.2, 0.25) is 12.3 Å². The number of amides is 2. The van der Waals surface area contributed by atoms with Crippen molar-refractivity contribution in [2.45, 2.75) is 39.8 Å². The Balaban J connectivity index is 1.66. The molecule has 2 aromatic heterocycles. The smallest absolute Gasteiger partial charge is 0.257 e. The quantitative estimate of drug-likeness (QED) is 0.892. The Labute approximate surface area is 155 Å².